The number of hydrogen-bond acceptors (Lipinski definition) is 5. The van der Waals surface area contributed by atoms with E-state index < -0.39 is 28.7 Å². The number of fused-ring (bicyclic) bond motifs is 1. The largest absolute Gasteiger partial charge is 0.394 e. The molecule has 2 unspecified atom stereocenters. The first-order valence-corrected chi connectivity index (χ1v) is 11.3. The van der Waals surface area contributed by atoms with E-state index in [0.29, 0.717) is 6.54 Å². The van der Waals surface area contributed by atoms with Crippen molar-refractivity contribution in [3.05, 3.63) is 0 Å². The van der Waals surface area contributed by atoms with Crippen LogP contribution in [0.1, 0.15) is 46.5 Å². The van der Waals surface area contributed by atoms with Crippen LogP contribution in [0.15, 0.2) is 0 Å². The number of likely N-dealkylation sites (tertiary alicyclic amines) is 1. The van der Waals surface area contributed by atoms with Crippen LogP contribution < -0.4 is 10.6 Å². The molecule has 3 fully saturated rings. The molecule has 3 aliphatic heterocycles. The first kappa shape index (κ1) is 21.4. The summed E-state index contributed by atoms with van der Waals surface area (Å²) >= 11 is 1.66. The number of unbranched alkanes of at least 4 members (excludes halogenated alkanes) is 1. The Hall–Kier alpha value is -1.28. The van der Waals surface area contributed by atoms with Crippen molar-refractivity contribution in [3.8, 4) is 0 Å². The zero-order valence-corrected chi connectivity index (χ0v) is 18.1. The molecular formula is C20H33N3O4S. The lowest BCUT2D eigenvalue weighted by molar-refractivity contribution is -0.143. The van der Waals surface area contributed by atoms with Gasteiger partial charge in [-0.25, -0.2) is 0 Å². The van der Waals surface area contributed by atoms with E-state index in [0.717, 1.165) is 25.7 Å². The van der Waals surface area contributed by atoms with Gasteiger partial charge in [0.1, 0.15) is 6.04 Å². The molecule has 0 radical (unpaired) electrons. The lowest BCUT2D eigenvalue weighted by Gasteiger charge is -2.38. The Balaban J connectivity index is 2.01. The summed E-state index contributed by atoms with van der Waals surface area (Å²) in [6, 6.07) is -1.06. The van der Waals surface area contributed by atoms with Crippen LogP contribution in [0.3, 0.4) is 0 Å². The second kappa shape index (κ2) is 8.22. The first-order chi connectivity index (χ1) is 13.3. The summed E-state index contributed by atoms with van der Waals surface area (Å²) < 4.78 is -0.572. The van der Waals surface area contributed by atoms with E-state index >= 15 is 0 Å². The molecule has 0 aromatic rings. The number of carbonyl (C=O) groups is 3. The van der Waals surface area contributed by atoms with Crippen LogP contribution in [0.4, 0.5) is 0 Å². The van der Waals surface area contributed by atoms with Gasteiger partial charge in [0, 0.05) is 18.8 Å². The van der Waals surface area contributed by atoms with E-state index in [1.54, 1.807) is 23.7 Å². The average molecular weight is 412 g/mol. The lowest BCUT2D eigenvalue weighted by atomic mass is 9.71. The third-order valence-corrected chi connectivity index (χ3v) is 8.63. The maximum absolute atomic E-state index is 13.6. The normalized spacial score (nSPS) is 34.6. The predicted octanol–water partition coefficient (Wildman–Crippen LogP) is 0.757. The van der Waals surface area contributed by atoms with Crippen molar-refractivity contribution >= 4 is 29.5 Å². The summed E-state index contributed by atoms with van der Waals surface area (Å²) in [4.78, 5) is 41.1. The number of nitrogens with zero attached hydrogens (tertiary/aromatic N) is 1. The van der Waals surface area contributed by atoms with Crippen molar-refractivity contribution in [2.45, 2.75) is 68.5 Å². The Bertz CT molecular complexity index is 643. The molecule has 3 heterocycles. The van der Waals surface area contributed by atoms with E-state index in [1.807, 2.05) is 13.8 Å². The van der Waals surface area contributed by atoms with Gasteiger partial charge in [-0.05, 0) is 25.2 Å². The van der Waals surface area contributed by atoms with Crippen LogP contribution in [0.25, 0.3) is 0 Å². The Morgan fingerprint density at radius 1 is 1.36 bits per heavy atom. The molecule has 0 aromatic carbocycles. The van der Waals surface area contributed by atoms with Crippen LogP contribution in [0.2, 0.25) is 0 Å². The molecule has 0 saturated carbocycles. The van der Waals surface area contributed by atoms with Crippen LogP contribution in [-0.2, 0) is 14.4 Å². The molecule has 6 atom stereocenters. The SMILES string of the molecule is CCCCNC(=O)C1N([C@@H](CO)C(C)C)C(=O)[C@@H]2[C@@H](C(=O)NC)[C@H]3CCC12S3. The number of hydrogen-bond donors (Lipinski definition) is 3. The van der Waals surface area contributed by atoms with Gasteiger partial charge in [0.05, 0.1) is 29.2 Å². The molecule has 3 saturated heterocycles. The predicted molar refractivity (Wildman–Crippen MR) is 109 cm³/mol. The van der Waals surface area contributed by atoms with E-state index in [-0.39, 0.29) is 35.5 Å². The topological polar surface area (TPSA) is 98.7 Å². The van der Waals surface area contributed by atoms with Crippen molar-refractivity contribution in [2.24, 2.45) is 17.8 Å². The molecule has 8 heteroatoms. The number of aliphatic hydroxyl groups is 1. The van der Waals surface area contributed by atoms with Gasteiger partial charge in [0.25, 0.3) is 0 Å². The maximum Gasteiger partial charge on any atom is 0.244 e. The van der Waals surface area contributed by atoms with Crippen molar-refractivity contribution in [2.75, 3.05) is 20.2 Å². The summed E-state index contributed by atoms with van der Waals surface area (Å²) in [5.41, 5.74) is 0. The fourth-order valence-electron chi connectivity index (χ4n) is 5.32. The number of carbonyl (C=O) groups excluding carboxylic acids is 3. The fourth-order valence-corrected chi connectivity index (χ4v) is 7.53. The number of thioether (sulfide) groups is 1. The minimum absolute atomic E-state index is 0.00997. The van der Waals surface area contributed by atoms with Gasteiger partial charge < -0.3 is 20.6 Å². The Morgan fingerprint density at radius 3 is 2.64 bits per heavy atom. The van der Waals surface area contributed by atoms with Crippen LogP contribution >= 0.6 is 11.8 Å². The number of amides is 3. The monoisotopic (exact) mass is 411 g/mol. The minimum atomic E-state index is -0.633. The molecule has 3 N–H and O–H groups in total. The molecular weight excluding hydrogens is 378 g/mol. The third kappa shape index (κ3) is 3.12. The number of rotatable bonds is 8. The average Bonchev–Trinajstić information content (AvgIpc) is 3.30. The summed E-state index contributed by atoms with van der Waals surface area (Å²) in [5.74, 6) is -1.30. The molecule has 7 nitrogen and oxygen atoms in total. The third-order valence-electron chi connectivity index (χ3n) is 6.68. The Kier molecular flexibility index (Phi) is 6.29. The second-order valence-corrected chi connectivity index (χ2v) is 10.2. The molecule has 3 amide bonds. The van der Waals surface area contributed by atoms with Crippen LogP contribution in [0, 0.1) is 17.8 Å². The highest BCUT2D eigenvalue weighted by Crippen LogP contribution is 2.66. The Labute approximate surface area is 171 Å². The van der Waals surface area contributed by atoms with Gasteiger partial charge in [0.15, 0.2) is 0 Å². The number of aliphatic hydroxyl groups excluding tert-OH is 1. The van der Waals surface area contributed by atoms with E-state index in [2.05, 4.69) is 17.6 Å². The fraction of sp³-hybridized carbons (Fsp3) is 0.850. The minimum Gasteiger partial charge on any atom is -0.394 e. The van der Waals surface area contributed by atoms with Gasteiger partial charge in [-0.1, -0.05) is 27.2 Å². The molecule has 158 valence electrons. The second-order valence-electron chi connectivity index (χ2n) is 8.55. The van der Waals surface area contributed by atoms with Gasteiger partial charge in [0.2, 0.25) is 17.7 Å². The number of nitrogens with one attached hydrogen (secondary N) is 2. The van der Waals surface area contributed by atoms with E-state index in [9.17, 15) is 19.5 Å². The quantitative estimate of drug-likeness (QED) is 0.512. The summed E-state index contributed by atoms with van der Waals surface area (Å²) in [6.07, 6.45) is 3.45. The van der Waals surface area contributed by atoms with Gasteiger partial charge >= 0.3 is 0 Å². The first-order valence-electron chi connectivity index (χ1n) is 10.4. The molecule has 3 aliphatic rings. The lowest BCUT2D eigenvalue weighted by Crippen LogP contribution is -2.57. The zero-order chi connectivity index (χ0) is 20.6. The van der Waals surface area contributed by atoms with Crippen molar-refractivity contribution < 1.29 is 19.5 Å². The highest BCUT2D eigenvalue weighted by molar-refractivity contribution is 8.02. The van der Waals surface area contributed by atoms with Crippen molar-refractivity contribution in [3.63, 3.8) is 0 Å². The van der Waals surface area contributed by atoms with Gasteiger partial charge in [-0.3, -0.25) is 14.4 Å². The standard InChI is InChI=1S/C20H33N3O4S/c1-5-6-9-22-18(26)16-20-8-7-13(28-20)14(17(25)21-4)15(20)19(27)23(16)12(10-24)11(2)3/h11-16,24H,5-10H2,1-4H3,(H,21,25)(H,22,26)/t12-,13+,14-,15-,16?,20?/m0/s1. The van der Waals surface area contributed by atoms with E-state index in [1.165, 1.54) is 0 Å². The maximum atomic E-state index is 13.6. The summed E-state index contributed by atoms with van der Waals surface area (Å²) in [6.45, 7) is 6.35. The van der Waals surface area contributed by atoms with Crippen molar-refractivity contribution in [1.29, 1.82) is 0 Å². The van der Waals surface area contributed by atoms with E-state index in [4.69, 9.17) is 0 Å². The zero-order valence-electron chi connectivity index (χ0n) is 17.2. The molecule has 0 aliphatic carbocycles. The molecule has 1 spiro atoms. The summed E-state index contributed by atoms with van der Waals surface area (Å²) in [7, 11) is 1.60. The Morgan fingerprint density at radius 2 is 2.07 bits per heavy atom. The molecule has 3 rings (SSSR count). The van der Waals surface area contributed by atoms with Crippen molar-refractivity contribution in [1.82, 2.24) is 15.5 Å². The van der Waals surface area contributed by atoms with Gasteiger partial charge in [-0.2, -0.15) is 0 Å². The van der Waals surface area contributed by atoms with Crippen LogP contribution in [-0.4, -0.2) is 70.0 Å². The molecule has 2 bridgehead atoms. The highest BCUT2D eigenvalue weighted by Gasteiger charge is 2.74. The smallest absolute Gasteiger partial charge is 0.244 e. The summed E-state index contributed by atoms with van der Waals surface area (Å²) in [5, 5.41) is 15.8. The van der Waals surface area contributed by atoms with Crippen LogP contribution in [0.5, 0.6) is 0 Å². The highest BCUT2D eigenvalue weighted by atomic mass is 32.2. The molecule has 0 aromatic heterocycles. The molecule has 28 heavy (non-hydrogen) atoms. The van der Waals surface area contributed by atoms with Gasteiger partial charge in [-0.15, -0.1) is 11.8 Å².